The largest absolute Gasteiger partial charge is 0.379 e. The van der Waals surface area contributed by atoms with Crippen molar-refractivity contribution in [3.63, 3.8) is 0 Å². The highest BCUT2D eigenvalue weighted by Crippen LogP contribution is 2.31. The van der Waals surface area contributed by atoms with Crippen LogP contribution >= 0.6 is 0 Å². The van der Waals surface area contributed by atoms with Crippen LogP contribution < -0.4 is 5.32 Å². The predicted molar refractivity (Wildman–Crippen MR) is 62.6 cm³/mol. The van der Waals surface area contributed by atoms with Gasteiger partial charge in [-0.25, -0.2) is 4.98 Å². The van der Waals surface area contributed by atoms with Gasteiger partial charge in [0.2, 0.25) is 5.95 Å². The van der Waals surface area contributed by atoms with Crippen LogP contribution in [0.1, 0.15) is 38.1 Å². The highest BCUT2D eigenvalue weighted by Gasteiger charge is 2.22. The molecule has 1 N–H and O–H groups in total. The van der Waals surface area contributed by atoms with Crippen molar-refractivity contribution < 1.29 is 4.74 Å². The first kappa shape index (κ1) is 10.1. The molecule has 2 aliphatic rings. The van der Waals surface area contributed by atoms with E-state index in [2.05, 4.69) is 21.1 Å². The van der Waals surface area contributed by atoms with Crippen LogP contribution in [-0.4, -0.2) is 28.8 Å². The number of imidazole rings is 1. The van der Waals surface area contributed by atoms with Crippen LogP contribution in [0.15, 0.2) is 12.4 Å². The zero-order chi connectivity index (χ0) is 10.8. The van der Waals surface area contributed by atoms with Crippen molar-refractivity contribution in [3.05, 3.63) is 12.4 Å². The van der Waals surface area contributed by atoms with Gasteiger partial charge in [-0.3, -0.25) is 0 Å². The van der Waals surface area contributed by atoms with Gasteiger partial charge in [0.25, 0.3) is 0 Å². The van der Waals surface area contributed by atoms with Gasteiger partial charge in [0.1, 0.15) is 0 Å². The monoisotopic (exact) mass is 221 g/mol. The molecule has 1 aromatic rings. The van der Waals surface area contributed by atoms with E-state index in [-0.39, 0.29) is 0 Å². The number of ether oxygens (including phenoxy) is 1. The first-order valence-electron chi connectivity index (χ1n) is 6.30. The summed E-state index contributed by atoms with van der Waals surface area (Å²) in [7, 11) is 0. The molecule has 1 aliphatic carbocycles. The maximum atomic E-state index is 5.37. The smallest absolute Gasteiger partial charge is 0.203 e. The zero-order valence-electron chi connectivity index (χ0n) is 9.56. The van der Waals surface area contributed by atoms with E-state index in [4.69, 9.17) is 4.74 Å². The molecule has 0 aromatic carbocycles. The summed E-state index contributed by atoms with van der Waals surface area (Å²) in [5.41, 5.74) is 0. The van der Waals surface area contributed by atoms with Crippen molar-refractivity contribution in [2.45, 2.75) is 44.2 Å². The van der Waals surface area contributed by atoms with Gasteiger partial charge >= 0.3 is 0 Å². The molecular weight excluding hydrogens is 202 g/mol. The Morgan fingerprint density at radius 3 is 2.94 bits per heavy atom. The molecule has 1 saturated heterocycles. The van der Waals surface area contributed by atoms with Crippen LogP contribution in [0.5, 0.6) is 0 Å². The maximum Gasteiger partial charge on any atom is 0.203 e. The van der Waals surface area contributed by atoms with Gasteiger partial charge in [-0.05, 0) is 19.3 Å². The Bertz CT molecular complexity index is 338. The number of hydrogen-bond donors (Lipinski definition) is 1. The van der Waals surface area contributed by atoms with Crippen LogP contribution in [0.25, 0.3) is 0 Å². The molecule has 2 fully saturated rings. The SMILES string of the molecule is c1cn(C2CCCC2)c(NC2CCOC2)n1. The van der Waals surface area contributed by atoms with Gasteiger partial charge in [-0.1, -0.05) is 12.8 Å². The molecule has 1 unspecified atom stereocenters. The molecule has 1 atom stereocenters. The fraction of sp³-hybridized carbons (Fsp3) is 0.750. The second kappa shape index (κ2) is 4.45. The fourth-order valence-electron chi connectivity index (χ4n) is 2.73. The van der Waals surface area contributed by atoms with Crippen LogP contribution in [0.4, 0.5) is 5.95 Å². The number of rotatable bonds is 3. The van der Waals surface area contributed by atoms with Gasteiger partial charge in [0.15, 0.2) is 0 Å². The lowest BCUT2D eigenvalue weighted by molar-refractivity contribution is 0.195. The van der Waals surface area contributed by atoms with E-state index in [1.54, 1.807) is 0 Å². The van der Waals surface area contributed by atoms with Crippen molar-refractivity contribution in [2.24, 2.45) is 0 Å². The Labute approximate surface area is 96.0 Å². The van der Waals surface area contributed by atoms with Gasteiger partial charge in [-0.15, -0.1) is 0 Å². The number of anilines is 1. The summed E-state index contributed by atoms with van der Waals surface area (Å²) in [5.74, 6) is 1.03. The van der Waals surface area contributed by atoms with Gasteiger partial charge in [-0.2, -0.15) is 0 Å². The molecule has 1 saturated carbocycles. The minimum Gasteiger partial charge on any atom is -0.379 e. The lowest BCUT2D eigenvalue weighted by Crippen LogP contribution is -2.22. The zero-order valence-corrected chi connectivity index (χ0v) is 9.56. The molecule has 16 heavy (non-hydrogen) atoms. The Hall–Kier alpha value is -1.03. The molecule has 2 heterocycles. The van der Waals surface area contributed by atoms with Crippen molar-refractivity contribution in [1.29, 1.82) is 0 Å². The maximum absolute atomic E-state index is 5.37. The van der Waals surface area contributed by atoms with Crippen LogP contribution in [0, 0.1) is 0 Å². The molecule has 1 aliphatic heterocycles. The molecule has 4 heteroatoms. The average Bonchev–Trinajstić information content (AvgIpc) is 2.98. The lowest BCUT2D eigenvalue weighted by atomic mass is 10.2. The molecular formula is C12H19N3O. The molecule has 3 rings (SSSR count). The molecule has 0 amide bonds. The average molecular weight is 221 g/mol. The summed E-state index contributed by atoms with van der Waals surface area (Å²) in [6.07, 6.45) is 10.4. The minimum atomic E-state index is 0.447. The Morgan fingerprint density at radius 2 is 2.19 bits per heavy atom. The summed E-state index contributed by atoms with van der Waals surface area (Å²) in [4.78, 5) is 4.42. The summed E-state index contributed by atoms with van der Waals surface area (Å²) in [5, 5.41) is 3.49. The second-order valence-electron chi connectivity index (χ2n) is 4.80. The van der Waals surface area contributed by atoms with E-state index in [9.17, 15) is 0 Å². The number of hydrogen-bond acceptors (Lipinski definition) is 3. The quantitative estimate of drug-likeness (QED) is 0.850. The van der Waals surface area contributed by atoms with E-state index in [1.807, 2.05) is 6.20 Å². The lowest BCUT2D eigenvalue weighted by Gasteiger charge is -2.18. The standard InChI is InChI=1S/C12H19N3O/c1-2-4-11(3-1)15-7-6-13-12(15)14-10-5-8-16-9-10/h6-7,10-11H,1-5,8-9H2,(H,13,14). The summed E-state index contributed by atoms with van der Waals surface area (Å²) >= 11 is 0. The van der Waals surface area contributed by atoms with Gasteiger partial charge in [0, 0.05) is 25.0 Å². The predicted octanol–water partition coefficient (Wildman–Crippen LogP) is 2.20. The summed E-state index contributed by atoms with van der Waals surface area (Å²) in [6.45, 7) is 1.69. The number of nitrogens with zero attached hydrogens (tertiary/aromatic N) is 2. The Kier molecular flexibility index (Phi) is 2.82. The first-order valence-corrected chi connectivity index (χ1v) is 6.30. The summed E-state index contributed by atoms with van der Waals surface area (Å²) < 4.78 is 7.68. The molecule has 0 spiro atoms. The van der Waals surface area contributed by atoms with Crippen molar-refractivity contribution in [2.75, 3.05) is 18.5 Å². The Morgan fingerprint density at radius 1 is 1.31 bits per heavy atom. The van der Waals surface area contributed by atoms with E-state index in [0.29, 0.717) is 12.1 Å². The highest BCUT2D eigenvalue weighted by atomic mass is 16.5. The second-order valence-corrected chi connectivity index (χ2v) is 4.80. The third-order valence-corrected chi connectivity index (χ3v) is 3.65. The third-order valence-electron chi connectivity index (χ3n) is 3.65. The normalized spacial score (nSPS) is 26.4. The summed E-state index contributed by atoms with van der Waals surface area (Å²) in [6, 6.07) is 1.11. The first-order chi connectivity index (χ1) is 7.93. The molecule has 1 aromatic heterocycles. The van der Waals surface area contributed by atoms with E-state index >= 15 is 0 Å². The van der Waals surface area contributed by atoms with Gasteiger partial charge < -0.3 is 14.6 Å². The van der Waals surface area contributed by atoms with Crippen LogP contribution in [0.2, 0.25) is 0 Å². The van der Waals surface area contributed by atoms with E-state index < -0.39 is 0 Å². The molecule has 88 valence electrons. The van der Waals surface area contributed by atoms with E-state index in [1.165, 1.54) is 25.7 Å². The Balaban J connectivity index is 1.71. The van der Waals surface area contributed by atoms with Gasteiger partial charge in [0.05, 0.1) is 12.6 Å². The van der Waals surface area contributed by atoms with Crippen molar-refractivity contribution >= 4 is 5.95 Å². The molecule has 0 bridgehead atoms. The number of aromatic nitrogens is 2. The minimum absolute atomic E-state index is 0.447. The molecule has 0 radical (unpaired) electrons. The highest BCUT2D eigenvalue weighted by molar-refractivity contribution is 5.29. The van der Waals surface area contributed by atoms with E-state index in [0.717, 1.165) is 25.6 Å². The van der Waals surface area contributed by atoms with Crippen molar-refractivity contribution in [3.8, 4) is 0 Å². The van der Waals surface area contributed by atoms with Crippen molar-refractivity contribution in [1.82, 2.24) is 9.55 Å². The fourth-order valence-corrected chi connectivity index (χ4v) is 2.73. The molecule has 4 nitrogen and oxygen atoms in total. The van der Waals surface area contributed by atoms with Crippen LogP contribution in [0.3, 0.4) is 0 Å². The van der Waals surface area contributed by atoms with Crippen LogP contribution in [-0.2, 0) is 4.74 Å². The topological polar surface area (TPSA) is 39.1 Å². The third kappa shape index (κ3) is 1.94. The number of nitrogens with one attached hydrogen (secondary N) is 1.